The Labute approximate surface area is 153 Å². The molecule has 2 rings (SSSR count). The molecule has 0 aliphatic rings. The van der Waals surface area contributed by atoms with Gasteiger partial charge in [0.25, 0.3) is 5.91 Å². The number of carbonyl (C=O) groups excluding carboxylic acids is 2. The number of rotatable bonds is 3. The number of thioether (sulfide) groups is 1. The summed E-state index contributed by atoms with van der Waals surface area (Å²) in [4.78, 5) is 24.1. The van der Waals surface area contributed by atoms with Gasteiger partial charge in [-0.3, -0.25) is 15.0 Å². The van der Waals surface area contributed by atoms with Gasteiger partial charge in [0.2, 0.25) is 0 Å². The van der Waals surface area contributed by atoms with Crippen LogP contribution in [0.25, 0.3) is 0 Å². The van der Waals surface area contributed by atoms with Crippen molar-refractivity contribution in [2.24, 2.45) is 0 Å². The highest BCUT2D eigenvalue weighted by atomic mass is 32.2. The van der Waals surface area contributed by atoms with E-state index < -0.39 is 62.8 Å². The van der Waals surface area contributed by atoms with E-state index in [1.807, 2.05) is 0 Å². The third kappa shape index (κ3) is 5.16. The fraction of sp³-hybridized carbons (Fsp3) is 0.125. The van der Waals surface area contributed by atoms with Crippen LogP contribution < -0.4 is 10.2 Å². The highest BCUT2D eigenvalue weighted by Crippen LogP contribution is 2.38. The third-order valence-electron chi connectivity index (χ3n) is 3.24. The van der Waals surface area contributed by atoms with E-state index in [9.17, 15) is 35.9 Å². The number of hydrogen-bond donors (Lipinski definition) is 1. The summed E-state index contributed by atoms with van der Waals surface area (Å²) in [5.74, 6) is -5.18. The smallest absolute Gasteiger partial charge is 0.294 e. The van der Waals surface area contributed by atoms with Gasteiger partial charge in [-0.25, -0.2) is 18.0 Å². The van der Waals surface area contributed by atoms with Gasteiger partial charge in [-0.2, -0.15) is 13.2 Å². The summed E-state index contributed by atoms with van der Waals surface area (Å²) < 4.78 is 77.6. The lowest BCUT2D eigenvalue weighted by Crippen LogP contribution is -2.41. The van der Waals surface area contributed by atoms with Crippen LogP contribution in [0.1, 0.15) is 10.4 Å². The number of alkyl halides is 3. The fourth-order valence-corrected chi connectivity index (χ4v) is 2.56. The zero-order valence-corrected chi connectivity index (χ0v) is 14.2. The minimum Gasteiger partial charge on any atom is -0.294 e. The van der Waals surface area contributed by atoms with E-state index >= 15 is 0 Å². The third-order valence-corrected chi connectivity index (χ3v) is 3.96. The maximum Gasteiger partial charge on any atom is 0.446 e. The number of carbonyl (C=O) groups is 2. The van der Waals surface area contributed by atoms with Crippen LogP contribution in [0.3, 0.4) is 0 Å². The van der Waals surface area contributed by atoms with Gasteiger partial charge in [0.15, 0.2) is 11.6 Å². The summed E-state index contributed by atoms with van der Waals surface area (Å²) in [5.41, 5.74) is -5.78. The Morgan fingerprint density at radius 1 is 1.04 bits per heavy atom. The van der Waals surface area contributed by atoms with Gasteiger partial charge in [0.05, 0.1) is 11.3 Å². The molecule has 4 nitrogen and oxygen atoms in total. The second-order valence-corrected chi connectivity index (χ2v) is 6.22. The summed E-state index contributed by atoms with van der Waals surface area (Å²) in [6, 6.07) is 3.99. The molecule has 1 N–H and O–H groups in total. The summed E-state index contributed by atoms with van der Waals surface area (Å²) in [6.45, 7) is 0. The molecule has 0 bridgehead atoms. The van der Waals surface area contributed by atoms with Crippen molar-refractivity contribution in [2.45, 2.75) is 10.4 Å². The predicted molar refractivity (Wildman–Crippen MR) is 85.9 cm³/mol. The van der Waals surface area contributed by atoms with Crippen LogP contribution in [-0.2, 0) is 0 Å². The van der Waals surface area contributed by atoms with Crippen LogP contribution in [0.5, 0.6) is 0 Å². The molecule has 144 valence electrons. The van der Waals surface area contributed by atoms with Crippen LogP contribution in [0.4, 0.5) is 36.8 Å². The lowest BCUT2D eigenvalue weighted by Gasteiger charge is -2.19. The highest BCUT2D eigenvalue weighted by molar-refractivity contribution is 8.00. The Balaban J connectivity index is 2.15. The largest absolute Gasteiger partial charge is 0.446 e. The molecule has 2 aromatic rings. The lowest BCUT2D eigenvalue weighted by molar-refractivity contribution is -0.0328. The maximum atomic E-state index is 14.0. The second-order valence-electron chi connectivity index (χ2n) is 5.08. The fourth-order valence-electron chi connectivity index (χ4n) is 1.99. The van der Waals surface area contributed by atoms with Gasteiger partial charge in [0.1, 0.15) is 5.82 Å². The topological polar surface area (TPSA) is 49.4 Å². The number of benzene rings is 2. The van der Waals surface area contributed by atoms with E-state index in [1.165, 1.54) is 0 Å². The quantitative estimate of drug-likeness (QED) is 0.592. The molecule has 0 unspecified atom stereocenters. The first kappa shape index (κ1) is 20.6. The number of amides is 3. The molecule has 0 saturated carbocycles. The Morgan fingerprint density at radius 2 is 1.70 bits per heavy atom. The van der Waals surface area contributed by atoms with Crippen LogP contribution in [0.15, 0.2) is 41.3 Å². The lowest BCUT2D eigenvalue weighted by atomic mass is 10.2. The second kappa shape index (κ2) is 7.91. The van der Waals surface area contributed by atoms with Crippen molar-refractivity contribution in [1.29, 1.82) is 0 Å². The Hall–Kier alpha value is -2.69. The van der Waals surface area contributed by atoms with Crippen molar-refractivity contribution in [3.63, 3.8) is 0 Å². The number of nitrogens with one attached hydrogen (secondary N) is 1. The van der Waals surface area contributed by atoms with E-state index in [1.54, 1.807) is 5.32 Å². The zero-order valence-electron chi connectivity index (χ0n) is 13.4. The Bertz CT molecular complexity index is 888. The standard InChI is InChI=1S/C16H10F6N2O2S/c1-24(12-6-5-8(7-11(12)18)27-16(20,21)22)15(26)23-14(25)9-3-2-4-10(17)13(9)19/h2-7H,1H3,(H,23,25,26). The van der Waals surface area contributed by atoms with Gasteiger partial charge in [-0.05, 0) is 42.1 Å². The normalized spacial score (nSPS) is 11.2. The summed E-state index contributed by atoms with van der Waals surface area (Å²) in [5, 5.41) is 1.73. The molecular weight excluding hydrogens is 398 g/mol. The van der Waals surface area contributed by atoms with Gasteiger partial charge in [0, 0.05) is 11.9 Å². The number of halogens is 6. The van der Waals surface area contributed by atoms with Crippen LogP contribution in [0, 0.1) is 17.5 Å². The molecule has 0 spiro atoms. The van der Waals surface area contributed by atoms with Crippen molar-refractivity contribution in [2.75, 3.05) is 11.9 Å². The van der Waals surface area contributed by atoms with Gasteiger partial charge < -0.3 is 0 Å². The molecule has 0 saturated heterocycles. The van der Waals surface area contributed by atoms with Crippen LogP contribution >= 0.6 is 11.8 Å². The molecular formula is C16H10F6N2O2S. The molecule has 2 aromatic carbocycles. The average Bonchev–Trinajstić information content (AvgIpc) is 2.55. The first-order valence-electron chi connectivity index (χ1n) is 7.08. The predicted octanol–water partition coefficient (Wildman–Crippen LogP) is 4.70. The Morgan fingerprint density at radius 3 is 2.30 bits per heavy atom. The molecule has 27 heavy (non-hydrogen) atoms. The van der Waals surface area contributed by atoms with E-state index in [0.717, 1.165) is 37.4 Å². The highest BCUT2D eigenvalue weighted by Gasteiger charge is 2.30. The zero-order chi connectivity index (χ0) is 20.4. The molecule has 0 aliphatic heterocycles. The number of nitrogens with zero attached hydrogens (tertiary/aromatic N) is 1. The number of urea groups is 1. The van der Waals surface area contributed by atoms with E-state index in [4.69, 9.17) is 0 Å². The molecule has 11 heteroatoms. The maximum absolute atomic E-state index is 14.0. The number of anilines is 1. The van der Waals surface area contributed by atoms with Crippen molar-refractivity contribution in [3.05, 3.63) is 59.4 Å². The molecule has 3 amide bonds. The van der Waals surface area contributed by atoms with Gasteiger partial charge in [-0.15, -0.1) is 0 Å². The molecule has 0 aromatic heterocycles. The number of imide groups is 1. The summed E-state index contributed by atoms with van der Waals surface area (Å²) in [7, 11) is 1.04. The summed E-state index contributed by atoms with van der Waals surface area (Å²) >= 11 is -0.536. The first-order chi connectivity index (χ1) is 12.5. The molecule has 0 aliphatic carbocycles. The van der Waals surface area contributed by atoms with Crippen molar-refractivity contribution in [3.8, 4) is 0 Å². The monoisotopic (exact) mass is 408 g/mol. The van der Waals surface area contributed by atoms with Crippen molar-refractivity contribution in [1.82, 2.24) is 5.32 Å². The van der Waals surface area contributed by atoms with E-state index in [0.29, 0.717) is 11.0 Å². The summed E-state index contributed by atoms with van der Waals surface area (Å²) in [6.07, 6.45) is 0. The van der Waals surface area contributed by atoms with Crippen LogP contribution in [-0.4, -0.2) is 24.5 Å². The molecule has 0 atom stereocenters. The van der Waals surface area contributed by atoms with Crippen molar-refractivity contribution < 1.29 is 35.9 Å². The average molecular weight is 408 g/mol. The molecule has 0 radical (unpaired) electrons. The minimum atomic E-state index is -4.61. The van der Waals surface area contributed by atoms with Crippen molar-refractivity contribution >= 4 is 29.4 Å². The van der Waals surface area contributed by atoms with Crippen LogP contribution in [0.2, 0.25) is 0 Å². The molecule has 0 fully saturated rings. The van der Waals surface area contributed by atoms with E-state index in [-0.39, 0.29) is 0 Å². The minimum absolute atomic E-state index is 0.425. The van der Waals surface area contributed by atoms with Gasteiger partial charge in [-0.1, -0.05) is 6.07 Å². The van der Waals surface area contributed by atoms with E-state index in [2.05, 4.69) is 0 Å². The SMILES string of the molecule is CN(C(=O)NC(=O)c1cccc(F)c1F)c1ccc(SC(F)(F)F)cc1F. The number of hydrogen-bond acceptors (Lipinski definition) is 3. The molecule has 0 heterocycles. The Kier molecular flexibility index (Phi) is 6.04. The van der Waals surface area contributed by atoms with Gasteiger partial charge >= 0.3 is 11.5 Å². The first-order valence-corrected chi connectivity index (χ1v) is 7.89.